The first kappa shape index (κ1) is 33.1. The molecule has 0 spiro atoms. The summed E-state index contributed by atoms with van der Waals surface area (Å²) in [7, 11) is -3.89. The largest absolute Gasteiger partial charge is 0.494 e. The number of benzene rings is 3. The average Bonchev–Trinajstić information content (AvgIpc) is 3.52. The Morgan fingerprint density at radius 3 is 2.38 bits per heavy atom. The van der Waals surface area contributed by atoms with Gasteiger partial charge in [-0.2, -0.15) is 14.7 Å². The fourth-order valence-electron chi connectivity index (χ4n) is 5.28. The molecule has 1 aromatic heterocycles. The highest BCUT2D eigenvalue weighted by atomic mass is 32.2. The molecule has 1 saturated heterocycles. The van der Waals surface area contributed by atoms with Gasteiger partial charge in [-0.05, 0) is 81.3 Å². The zero-order valence-electron chi connectivity index (χ0n) is 26.1. The summed E-state index contributed by atoms with van der Waals surface area (Å²) in [6.07, 6.45) is 3.88. The Balaban J connectivity index is 1.46. The van der Waals surface area contributed by atoms with Gasteiger partial charge >= 0.3 is 5.97 Å². The second-order valence-corrected chi connectivity index (χ2v) is 12.7. The predicted molar refractivity (Wildman–Crippen MR) is 177 cm³/mol. The van der Waals surface area contributed by atoms with Crippen molar-refractivity contribution in [3.63, 3.8) is 0 Å². The monoisotopic (exact) mass is 653 g/mol. The number of ether oxygens (including phenoxy) is 2. The van der Waals surface area contributed by atoms with Crippen LogP contribution in [0.1, 0.15) is 32.3 Å². The maximum Gasteiger partial charge on any atom is 0.309 e. The lowest BCUT2D eigenvalue weighted by atomic mass is 9.98. The number of sulfonamides is 1. The van der Waals surface area contributed by atoms with Crippen LogP contribution in [0.4, 0.5) is 5.69 Å². The van der Waals surface area contributed by atoms with Gasteiger partial charge in [0.25, 0.3) is 5.91 Å². The van der Waals surface area contributed by atoms with Gasteiger partial charge in [-0.1, -0.05) is 30.3 Å². The molecular weight excluding hydrogens is 618 g/mol. The summed E-state index contributed by atoms with van der Waals surface area (Å²) >= 11 is 0. The van der Waals surface area contributed by atoms with Crippen molar-refractivity contribution >= 4 is 33.7 Å². The Morgan fingerprint density at radius 2 is 1.72 bits per heavy atom. The Hall–Kier alpha value is -5.25. The van der Waals surface area contributed by atoms with E-state index in [1.54, 1.807) is 54.2 Å². The predicted octanol–water partition coefficient (Wildman–Crippen LogP) is 5.45. The number of carbonyl (C=O) groups excluding carboxylic acids is 2. The molecule has 1 aliphatic rings. The molecule has 0 unspecified atom stereocenters. The Morgan fingerprint density at radius 1 is 1.00 bits per heavy atom. The lowest BCUT2D eigenvalue weighted by Crippen LogP contribution is -2.40. The summed E-state index contributed by atoms with van der Waals surface area (Å²) in [6, 6.07) is 24.5. The van der Waals surface area contributed by atoms with Gasteiger partial charge in [-0.15, -0.1) is 0 Å². The van der Waals surface area contributed by atoms with Gasteiger partial charge in [0.15, 0.2) is 0 Å². The highest BCUT2D eigenvalue weighted by molar-refractivity contribution is 7.89. The van der Waals surface area contributed by atoms with Crippen molar-refractivity contribution in [3.8, 4) is 28.8 Å². The number of anilines is 1. The van der Waals surface area contributed by atoms with Crippen LogP contribution in [0.15, 0.2) is 95.5 Å². The molecule has 3 aromatic carbocycles. The van der Waals surface area contributed by atoms with E-state index in [0.29, 0.717) is 47.7 Å². The molecule has 1 N–H and O–H groups in total. The van der Waals surface area contributed by atoms with E-state index in [9.17, 15) is 23.3 Å². The minimum Gasteiger partial charge on any atom is -0.494 e. The summed E-state index contributed by atoms with van der Waals surface area (Å²) in [6.45, 7) is 4.81. The Bertz CT molecular complexity index is 1910. The first-order valence-corrected chi connectivity index (χ1v) is 16.8. The standard InChI is InChI=1S/C35H35N5O6S/c1-3-45-31-15-13-29(14-16-31)37-34(41)27(23-36)21-28-24-40(30-10-6-5-7-11-30)38-33(28)26-9-8-12-32(22-26)47(43,44)39-19-17-25(18-20-39)35(42)46-4-2/h5-16,21-22,24-25H,3-4,17-20H2,1-2H3,(H,37,41). The van der Waals surface area contributed by atoms with Crippen molar-refractivity contribution in [2.24, 2.45) is 5.92 Å². The third-order valence-corrected chi connectivity index (χ3v) is 9.57. The zero-order chi connectivity index (χ0) is 33.4. The molecule has 12 heteroatoms. The van der Waals surface area contributed by atoms with Gasteiger partial charge in [0.1, 0.15) is 23.1 Å². The highest BCUT2D eigenvalue weighted by Crippen LogP contribution is 2.30. The molecule has 1 amide bonds. The second kappa shape index (κ2) is 14.9. The summed E-state index contributed by atoms with van der Waals surface area (Å²) in [5.41, 5.74) is 2.37. The molecule has 242 valence electrons. The van der Waals surface area contributed by atoms with E-state index in [4.69, 9.17) is 14.6 Å². The van der Waals surface area contributed by atoms with Gasteiger partial charge in [0.05, 0.1) is 29.7 Å². The number of esters is 1. The van der Waals surface area contributed by atoms with Gasteiger partial charge in [0.2, 0.25) is 10.0 Å². The minimum atomic E-state index is -3.89. The molecular formula is C35H35N5O6S. The van der Waals surface area contributed by atoms with Crippen molar-refractivity contribution in [2.45, 2.75) is 31.6 Å². The molecule has 5 rings (SSSR count). The van der Waals surface area contributed by atoms with Crippen LogP contribution in [-0.4, -0.2) is 60.7 Å². The number of amides is 1. The molecule has 0 bridgehead atoms. The molecule has 0 radical (unpaired) electrons. The molecule has 0 aliphatic carbocycles. The fourth-order valence-corrected chi connectivity index (χ4v) is 6.79. The maximum absolute atomic E-state index is 13.7. The van der Waals surface area contributed by atoms with Crippen LogP contribution in [0.25, 0.3) is 23.0 Å². The van der Waals surface area contributed by atoms with E-state index in [1.807, 2.05) is 43.3 Å². The van der Waals surface area contributed by atoms with E-state index in [2.05, 4.69) is 5.32 Å². The third-order valence-electron chi connectivity index (χ3n) is 7.67. The topological polar surface area (TPSA) is 144 Å². The van der Waals surface area contributed by atoms with E-state index >= 15 is 0 Å². The minimum absolute atomic E-state index is 0.0718. The average molecular weight is 654 g/mol. The quantitative estimate of drug-likeness (QED) is 0.128. The van der Waals surface area contributed by atoms with Crippen molar-refractivity contribution < 1.29 is 27.5 Å². The number of nitrogens with one attached hydrogen (secondary N) is 1. The maximum atomic E-state index is 13.7. The van der Waals surface area contributed by atoms with Crippen LogP contribution in [0, 0.1) is 17.2 Å². The number of nitrogens with zero attached hydrogens (tertiary/aromatic N) is 4. The van der Waals surface area contributed by atoms with Crippen LogP contribution in [0.2, 0.25) is 0 Å². The number of hydrogen-bond donors (Lipinski definition) is 1. The first-order valence-electron chi connectivity index (χ1n) is 15.3. The smallest absolute Gasteiger partial charge is 0.309 e. The highest BCUT2D eigenvalue weighted by Gasteiger charge is 2.33. The molecule has 0 atom stereocenters. The molecule has 11 nitrogen and oxygen atoms in total. The van der Waals surface area contributed by atoms with Crippen molar-refractivity contribution in [1.29, 1.82) is 5.26 Å². The summed E-state index contributed by atoms with van der Waals surface area (Å²) in [4.78, 5) is 25.4. The van der Waals surface area contributed by atoms with Gasteiger partial charge in [-0.3, -0.25) is 9.59 Å². The molecule has 1 fully saturated rings. The van der Waals surface area contributed by atoms with Gasteiger partial charge in [0, 0.05) is 36.1 Å². The van der Waals surface area contributed by atoms with Gasteiger partial charge < -0.3 is 14.8 Å². The molecule has 4 aromatic rings. The van der Waals surface area contributed by atoms with E-state index in [0.717, 1.165) is 5.69 Å². The van der Waals surface area contributed by atoms with Gasteiger partial charge in [-0.25, -0.2) is 13.1 Å². The summed E-state index contributed by atoms with van der Waals surface area (Å²) in [5, 5.41) is 17.5. The zero-order valence-corrected chi connectivity index (χ0v) is 26.9. The molecule has 0 saturated carbocycles. The van der Waals surface area contributed by atoms with Crippen molar-refractivity contribution in [1.82, 2.24) is 14.1 Å². The lowest BCUT2D eigenvalue weighted by Gasteiger charge is -2.30. The number of hydrogen-bond acceptors (Lipinski definition) is 8. The molecule has 2 heterocycles. The van der Waals surface area contributed by atoms with E-state index < -0.39 is 15.9 Å². The van der Waals surface area contributed by atoms with Crippen LogP contribution < -0.4 is 10.1 Å². The van der Waals surface area contributed by atoms with Crippen LogP contribution in [0.3, 0.4) is 0 Å². The molecule has 47 heavy (non-hydrogen) atoms. The first-order chi connectivity index (χ1) is 22.7. The third kappa shape index (κ3) is 7.77. The Kier molecular flexibility index (Phi) is 10.5. The van der Waals surface area contributed by atoms with Crippen LogP contribution in [-0.2, 0) is 24.3 Å². The number of nitriles is 1. The molecule has 1 aliphatic heterocycles. The normalized spacial score (nSPS) is 14.3. The van der Waals surface area contributed by atoms with E-state index in [-0.39, 0.29) is 42.1 Å². The second-order valence-electron chi connectivity index (χ2n) is 10.8. The Labute approximate surface area is 274 Å². The number of aromatic nitrogens is 2. The van der Waals surface area contributed by atoms with Crippen molar-refractivity contribution in [2.75, 3.05) is 31.6 Å². The number of rotatable bonds is 11. The lowest BCUT2D eigenvalue weighted by molar-refractivity contribution is -0.149. The number of para-hydroxylation sites is 1. The number of carbonyl (C=O) groups is 2. The summed E-state index contributed by atoms with van der Waals surface area (Å²) in [5.74, 6) is -0.585. The SMILES string of the molecule is CCOC(=O)C1CCN(S(=O)(=O)c2cccc(-c3nn(-c4ccccc4)cc3C=C(C#N)C(=O)Nc3ccc(OCC)cc3)c2)CC1. The number of piperidine rings is 1. The van der Waals surface area contributed by atoms with Crippen molar-refractivity contribution in [3.05, 3.63) is 96.2 Å². The van der Waals surface area contributed by atoms with Crippen LogP contribution in [0.5, 0.6) is 5.75 Å². The van der Waals surface area contributed by atoms with Crippen LogP contribution >= 0.6 is 0 Å². The van der Waals surface area contributed by atoms with E-state index in [1.165, 1.54) is 22.5 Å². The summed E-state index contributed by atoms with van der Waals surface area (Å²) < 4.78 is 41.0. The fraction of sp³-hybridized carbons (Fsp3) is 0.257.